The average molecular weight is 293 g/mol. The van der Waals surface area contributed by atoms with Gasteiger partial charge in [0.1, 0.15) is 11.8 Å². The molecule has 1 atom stereocenters. The molecule has 21 heavy (non-hydrogen) atoms. The van der Waals surface area contributed by atoms with Gasteiger partial charge in [-0.05, 0) is 31.9 Å². The first-order chi connectivity index (χ1) is 10.2. The Hall–Kier alpha value is -2.04. The van der Waals surface area contributed by atoms with Gasteiger partial charge < -0.3 is 9.47 Å². The maximum absolute atomic E-state index is 12.1. The maximum atomic E-state index is 12.1. The lowest BCUT2D eigenvalue weighted by Gasteiger charge is -2.22. The zero-order valence-electron chi connectivity index (χ0n) is 12.9. The number of ether oxygens (including phenoxy) is 2. The van der Waals surface area contributed by atoms with Crippen LogP contribution in [-0.4, -0.2) is 36.2 Å². The lowest BCUT2D eigenvalue weighted by Crippen LogP contribution is -2.42. The van der Waals surface area contributed by atoms with E-state index in [0.717, 1.165) is 6.42 Å². The van der Waals surface area contributed by atoms with Gasteiger partial charge in [0.25, 0.3) is 0 Å². The number of hydrogen-bond acceptors (Lipinski definition) is 4. The molecule has 0 spiro atoms. The van der Waals surface area contributed by atoms with Crippen LogP contribution in [-0.2, 0) is 9.53 Å². The Labute approximate surface area is 125 Å². The van der Waals surface area contributed by atoms with E-state index >= 15 is 0 Å². The lowest BCUT2D eigenvalue weighted by atomic mass is 10.2. The summed E-state index contributed by atoms with van der Waals surface area (Å²) in [6, 6.07) is 8.31. The second kappa shape index (κ2) is 9.00. The first kappa shape index (κ1) is 17.0. The Morgan fingerprint density at radius 2 is 1.90 bits per heavy atom. The van der Waals surface area contributed by atoms with Crippen molar-refractivity contribution in [1.29, 1.82) is 0 Å². The van der Waals surface area contributed by atoms with E-state index < -0.39 is 18.1 Å². The highest BCUT2D eigenvalue weighted by Gasteiger charge is 2.36. The highest BCUT2D eigenvalue weighted by molar-refractivity contribution is 5.83. The molecule has 1 aliphatic heterocycles. The molecule has 0 saturated carbocycles. The standard InChI is InChI=1S/C14H17NO4.C2H6/c1-2-18-14(17)15-10-6-9-12(15)13(16)19-11-7-4-3-5-8-11;1-2/h3-5,7-8,12H,2,6,9-10H2,1H3;1-2H3. The number of para-hydroxylation sites is 1. The third-order valence-corrected chi connectivity index (χ3v) is 2.99. The minimum absolute atomic E-state index is 0.301. The van der Waals surface area contributed by atoms with E-state index in [-0.39, 0.29) is 0 Å². The largest absolute Gasteiger partial charge is 0.450 e. The van der Waals surface area contributed by atoms with E-state index in [1.54, 1.807) is 31.2 Å². The van der Waals surface area contributed by atoms with Gasteiger partial charge in [0.15, 0.2) is 0 Å². The van der Waals surface area contributed by atoms with Gasteiger partial charge in [0.2, 0.25) is 0 Å². The van der Waals surface area contributed by atoms with Gasteiger partial charge in [0.05, 0.1) is 6.61 Å². The first-order valence-corrected chi connectivity index (χ1v) is 7.42. The molecule has 1 unspecified atom stereocenters. The van der Waals surface area contributed by atoms with E-state index in [4.69, 9.17) is 9.47 Å². The van der Waals surface area contributed by atoms with Crippen LogP contribution in [0.15, 0.2) is 30.3 Å². The minimum atomic E-state index is -0.542. The SMILES string of the molecule is CC.CCOC(=O)N1CCCC1C(=O)Oc1ccccc1. The van der Waals surface area contributed by atoms with Gasteiger partial charge >= 0.3 is 12.1 Å². The molecule has 0 aliphatic carbocycles. The fourth-order valence-corrected chi connectivity index (χ4v) is 2.11. The molecule has 1 saturated heterocycles. The summed E-state index contributed by atoms with van der Waals surface area (Å²) in [5.41, 5.74) is 0. The highest BCUT2D eigenvalue weighted by atomic mass is 16.6. The number of benzene rings is 1. The van der Waals surface area contributed by atoms with Crippen molar-refractivity contribution in [3.63, 3.8) is 0 Å². The van der Waals surface area contributed by atoms with Crippen molar-refractivity contribution in [1.82, 2.24) is 4.90 Å². The Balaban J connectivity index is 0.00000106. The topological polar surface area (TPSA) is 55.8 Å². The summed E-state index contributed by atoms with van der Waals surface area (Å²) in [4.78, 5) is 25.2. The summed E-state index contributed by atoms with van der Waals surface area (Å²) in [7, 11) is 0. The molecule has 116 valence electrons. The van der Waals surface area contributed by atoms with Gasteiger partial charge in [-0.25, -0.2) is 9.59 Å². The fourth-order valence-electron chi connectivity index (χ4n) is 2.11. The van der Waals surface area contributed by atoms with Crippen molar-refractivity contribution in [2.45, 2.75) is 39.7 Å². The molecule has 1 heterocycles. The van der Waals surface area contributed by atoms with Gasteiger partial charge in [-0.1, -0.05) is 32.0 Å². The smallest absolute Gasteiger partial charge is 0.410 e. The number of hydrogen-bond donors (Lipinski definition) is 0. The van der Waals surface area contributed by atoms with E-state index in [0.29, 0.717) is 25.3 Å². The summed E-state index contributed by atoms with van der Waals surface area (Å²) in [6.07, 6.45) is 0.952. The average Bonchev–Trinajstić information content (AvgIpc) is 3.00. The number of likely N-dealkylation sites (tertiary alicyclic amines) is 1. The summed E-state index contributed by atoms with van der Waals surface area (Å²) in [5, 5.41) is 0. The van der Waals surface area contributed by atoms with Crippen LogP contribution in [0.5, 0.6) is 5.75 Å². The van der Waals surface area contributed by atoms with Crippen molar-refractivity contribution >= 4 is 12.1 Å². The van der Waals surface area contributed by atoms with E-state index in [1.165, 1.54) is 4.90 Å². The zero-order valence-corrected chi connectivity index (χ0v) is 12.9. The third kappa shape index (κ3) is 4.77. The molecule has 1 amide bonds. The lowest BCUT2D eigenvalue weighted by molar-refractivity contribution is -0.138. The molecule has 5 nitrogen and oxygen atoms in total. The summed E-state index contributed by atoms with van der Waals surface area (Å²) >= 11 is 0. The van der Waals surface area contributed by atoms with Crippen LogP contribution in [0.2, 0.25) is 0 Å². The van der Waals surface area contributed by atoms with Crippen LogP contribution >= 0.6 is 0 Å². The second-order valence-electron chi connectivity index (χ2n) is 4.28. The number of carbonyl (C=O) groups is 2. The quantitative estimate of drug-likeness (QED) is 0.634. The second-order valence-corrected chi connectivity index (χ2v) is 4.28. The van der Waals surface area contributed by atoms with Crippen LogP contribution in [0, 0.1) is 0 Å². The monoisotopic (exact) mass is 293 g/mol. The molecular formula is C16H23NO4. The highest BCUT2D eigenvalue weighted by Crippen LogP contribution is 2.21. The molecule has 0 N–H and O–H groups in total. The van der Waals surface area contributed by atoms with Crippen molar-refractivity contribution in [2.75, 3.05) is 13.2 Å². The van der Waals surface area contributed by atoms with Crippen LogP contribution in [0.3, 0.4) is 0 Å². The number of rotatable bonds is 3. The van der Waals surface area contributed by atoms with Crippen molar-refractivity contribution in [2.24, 2.45) is 0 Å². The first-order valence-electron chi connectivity index (χ1n) is 7.42. The normalized spacial score (nSPS) is 16.7. The number of amides is 1. The van der Waals surface area contributed by atoms with Crippen LogP contribution < -0.4 is 4.74 Å². The molecule has 1 aromatic carbocycles. The van der Waals surface area contributed by atoms with E-state index in [2.05, 4.69) is 0 Å². The summed E-state index contributed by atoms with van der Waals surface area (Å²) < 4.78 is 10.2. The molecule has 5 heteroatoms. The van der Waals surface area contributed by atoms with Crippen LogP contribution in [0.25, 0.3) is 0 Å². The molecule has 1 fully saturated rings. The Morgan fingerprint density at radius 3 is 2.52 bits per heavy atom. The summed E-state index contributed by atoms with van der Waals surface area (Å²) in [6.45, 7) is 6.58. The molecule has 2 rings (SSSR count). The Kier molecular flexibility index (Phi) is 7.29. The molecular weight excluding hydrogens is 270 g/mol. The van der Waals surface area contributed by atoms with Gasteiger partial charge in [0, 0.05) is 6.54 Å². The zero-order chi connectivity index (χ0) is 15.7. The van der Waals surface area contributed by atoms with E-state index in [1.807, 2.05) is 19.9 Å². The summed E-state index contributed by atoms with van der Waals surface area (Å²) in [5.74, 6) is 0.0833. The minimum Gasteiger partial charge on any atom is -0.450 e. The van der Waals surface area contributed by atoms with Gasteiger partial charge in [-0.2, -0.15) is 0 Å². The Morgan fingerprint density at radius 1 is 1.24 bits per heavy atom. The molecule has 1 aromatic rings. The molecule has 0 aromatic heterocycles. The van der Waals surface area contributed by atoms with E-state index in [9.17, 15) is 9.59 Å². The number of nitrogens with zero attached hydrogens (tertiary/aromatic N) is 1. The Bertz CT molecular complexity index is 447. The van der Waals surface area contributed by atoms with Crippen LogP contribution in [0.4, 0.5) is 4.79 Å². The molecule has 1 aliphatic rings. The van der Waals surface area contributed by atoms with Crippen molar-refractivity contribution in [3.05, 3.63) is 30.3 Å². The van der Waals surface area contributed by atoms with Crippen LogP contribution in [0.1, 0.15) is 33.6 Å². The maximum Gasteiger partial charge on any atom is 0.410 e. The predicted molar refractivity (Wildman–Crippen MR) is 80.2 cm³/mol. The van der Waals surface area contributed by atoms with Gasteiger partial charge in [-0.15, -0.1) is 0 Å². The van der Waals surface area contributed by atoms with Crippen molar-refractivity contribution in [3.8, 4) is 5.75 Å². The fraction of sp³-hybridized carbons (Fsp3) is 0.500. The molecule has 0 bridgehead atoms. The van der Waals surface area contributed by atoms with Gasteiger partial charge in [-0.3, -0.25) is 4.90 Å². The van der Waals surface area contributed by atoms with Crippen molar-refractivity contribution < 1.29 is 19.1 Å². The predicted octanol–water partition coefficient (Wildman–Crippen LogP) is 3.24. The number of carbonyl (C=O) groups excluding carboxylic acids is 2. The number of esters is 1. The third-order valence-electron chi connectivity index (χ3n) is 2.99. The molecule has 0 radical (unpaired) electrons.